The molecule has 3 fully saturated rings. The lowest BCUT2D eigenvalue weighted by Gasteiger charge is -2.40. The highest BCUT2D eigenvalue weighted by Gasteiger charge is 2.49. The Morgan fingerprint density at radius 1 is 1.00 bits per heavy atom. The van der Waals surface area contributed by atoms with Gasteiger partial charge in [0.05, 0.1) is 16.8 Å². The minimum absolute atomic E-state index is 0.240. The van der Waals surface area contributed by atoms with Crippen LogP contribution in [0.25, 0.3) is 0 Å². The van der Waals surface area contributed by atoms with E-state index < -0.39 is 11.7 Å². The van der Waals surface area contributed by atoms with Crippen LogP contribution in [0.1, 0.15) is 56.9 Å². The largest absolute Gasteiger partial charge is 0.416 e. The average Bonchev–Trinajstić information content (AvgIpc) is 3.31. The van der Waals surface area contributed by atoms with Gasteiger partial charge in [-0.3, -0.25) is 0 Å². The number of benzene rings is 1. The van der Waals surface area contributed by atoms with Gasteiger partial charge in [-0.05, 0) is 49.9 Å². The van der Waals surface area contributed by atoms with Crippen molar-refractivity contribution >= 4 is 22.6 Å². The molecule has 1 spiro atoms. The van der Waals surface area contributed by atoms with E-state index in [0.717, 1.165) is 23.1 Å². The summed E-state index contributed by atoms with van der Waals surface area (Å²) in [6, 6.07) is 5.79. The maximum Gasteiger partial charge on any atom is 0.416 e. The highest BCUT2D eigenvalue weighted by molar-refractivity contribution is 8.14. The summed E-state index contributed by atoms with van der Waals surface area (Å²) >= 11 is 1.79. The molecule has 0 unspecified atom stereocenters. The molecule has 2 saturated carbocycles. The number of hydrogen-bond acceptors (Lipinski definition) is 2. The molecule has 3 aliphatic rings. The lowest BCUT2D eigenvalue weighted by Crippen LogP contribution is -2.50. The van der Waals surface area contributed by atoms with Crippen molar-refractivity contribution in [3.8, 4) is 0 Å². The highest BCUT2D eigenvalue weighted by atomic mass is 32.2. The van der Waals surface area contributed by atoms with Crippen molar-refractivity contribution in [1.29, 1.82) is 0 Å². The highest BCUT2D eigenvalue weighted by Crippen LogP contribution is 2.48. The van der Waals surface area contributed by atoms with Crippen LogP contribution in [0.4, 0.5) is 18.9 Å². The van der Waals surface area contributed by atoms with Gasteiger partial charge in [0, 0.05) is 11.8 Å². The number of hydrogen-bond donors (Lipinski definition) is 0. The molecule has 25 heavy (non-hydrogen) atoms. The third kappa shape index (κ3) is 3.29. The van der Waals surface area contributed by atoms with Crippen molar-refractivity contribution in [2.75, 3.05) is 5.75 Å². The summed E-state index contributed by atoms with van der Waals surface area (Å²) in [6.45, 7) is 0. The van der Waals surface area contributed by atoms with Crippen molar-refractivity contribution in [2.24, 2.45) is 4.99 Å². The summed E-state index contributed by atoms with van der Waals surface area (Å²) in [5.41, 5.74) is 0.244. The predicted molar refractivity (Wildman–Crippen MR) is 96.3 cm³/mol. The molecule has 1 heterocycles. The number of alkyl halides is 3. The Labute approximate surface area is 150 Å². The van der Waals surface area contributed by atoms with E-state index in [2.05, 4.69) is 4.90 Å². The minimum Gasteiger partial charge on any atom is -0.342 e. The third-order valence-electron chi connectivity index (χ3n) is 5.83. The SMILES string of the molecule is FC(F)(F)c1ccc(/N=C2/SCC3(CCCC3)N2C2CCCC2)cc1. The molecule has 0 N–H and O–H groups in total. The van der Waals surface area contributed by atoms with Crippen LogP contribution in [-0.4, -0.2) is 27.4 Å². The topological polar surface area (TPSA) is 15.6 Å². The molecule has 136 valence electrons. The van der Waals surface area contributed by atoms with Gasteiger partial charge < -0.3 is 4.90 Å². The molecule has 0 aromatic heterocycles. The van der Waals surface area contributed by atoms with E-state index in [0.29, 0.717) is 11.7 Å². The van der Waals surface area contributed by atoms with Crippen molar-refractivity contribution in [3.63, 3.8) is 0 Å². The monoisotopic (exact) mass is 368 g/mol. The number of rotatable bonds is 2. The second-order valence-electron chi connectivity index (χ2n) is 7.47. The standard InChI is InChI=1S/C19H23F3N2S/c20-19(21,22)14-7-9-15(10-8-14)23-17-24(16-5-1-2-6-16)18(13-25-17)11-3-4-12-18/h7-10,16H,1-6,11-13H2/b23-17+. The Morgan fingerprint density at radius 2 is 1.64 bits per heavy atom. The zero-order chi connectivity index (χ0) is 17.5. The van der Waals surface area contributed by atoms with Gasteiger partial charge in [-0.1, -0.05) is 37.4 Å². The fraction of sp³-hybridized carbons (Fsp3) is 0.632. The predicted octanol–water partition coefficient (Wildman–Crippen LogP) is 6.00. The first-order valence-corrected chi connectivity index (χ1v) is 10.1. The van der Waals surface area contributed by atoms with E-state index in [1.54, 1.807) is 11.8 Å². The van der Waals surface area contributed by atoms with Crippen molar-refractivity contribution < 1.29 is 13.2 Å². The zero-order valence-corrected chi connectivity index (χ0v) is 15.0. The van der Waals surface area contributed by atoms with E-state index >= 15 is 0 Å². The van der Waals surface area contributed by atoms with E-state index in [4.69, 9.17) is 4.99 Å². The fourth-order valence-electron chi connectivity index (χ4n) is 4.59. The first kappa shape index (κ1) is 17.3. The molecular formula is C19H23F3N2S. The summed E-state index contributed by atoms with van der Waals surface area (Å²) in [5, 5.41) is 1.02. The molecule has 1 aromatic carbocycles. The zero-order valence-electron chi connectivity index (χ0n) is 14.2. The molecule has 0 bridgehead atoms. The van der Waals surface area contributed by atoms with Gasteiger partial charge in [-0.15, -0.1) is 0 Å². The first-order valence-electron chi connectivity index (χ1n) is 9.16. The van der Waals surface area contributed by atoms with Crippen LogP contribution in [0, 0.1) is 0 Å². The van der Waals surface area contributed by atoms with Crippen LogP contribution in [0.15, 0.2) is 29.3 Å². The number of halogens is 3. The number of amidine groups is 1. The summed E-state index contributed by atoms with van der Waals surface area (Å²) in [4.78, 5) is 7.33. The van der Waals surface area contributed by atoms with Gasteiger partial charge in [0.25, 0.3) is 0 Å². The Morgan fingerprint density at radius 3 is 2.24 bits per heavy atom. The quantitative estimate of drug-likeness (QED) is 0.636. The van der Waals surface area contributed by atoms with E-state index in [1.807, 2.05) is 0 Å². The van der Waals surface area contributed by atoms with Crippen molar-refractivity contribution in [1.82, 2.24) is 4.90 Å². The van der Waals surface area contributed by atoms with Gasteiger partial charge in [0.1, 0.15) is 0 Å². The third-order valence-corrected chi connectivity index (χ3v) is 7.06. The number of aliphatic imine (C=N–C) groups is 1. The summed E-state index contributed by atoms with van der Waals surface area (Å²) < 4.78 is 38.2. The molecular weight excluding hydrogens is 345 g/mol. The van der Waals surface area contributed by atoms with E-state index in [-0.39, 0.29) is 5.54 Å². The van der Waals surface area contributed by atoms with Crippen LogP contribution >= 0.6 is 11.8 Å². The van der Waals surface area contributed by atoms with Crippen LogP contribution in [0.2, 0.25) is 0 Å². The lowest BCUT2D eigenvalue weighted by molar-refractivity contribution is -0.137. The number of thioether (sulfide) groups is 1. The van der Waals surface area contributed by atoms with E-state index in [9.17, 15) is 13.2 Å². The van der Waals surface area contributed by atoms with Crippen LogP contribution < -0.4 is 0 Å². The smallest absolute Gasteiger partial charge is 0.342 e. The molecule has 1 aliphatic heterocycles. The summed E-state index contributed by atoms with van der Waals surface area (Å²) in [6.07, 6.45) is 5.69. The Kier molecular flexibility index (Phi) is 4.50. The molecule has 1 aromatic rings. The molecule has 2 nitrogen and oxygen atoms in total. The second-order valence-corrected chi connectivity index (χ2v) is 8.41. The maximum absolute atomic E-state index is 12.7. The fourth-order valence-corrected chi connectivity index (χ4v) is 6.06. The summed E-state index contributed by atoms with van der Waals surface area (Å²) in [5.74, 6) is 1.07. The van der Waals surface area contributed by atoms with Gasteiger partial charge in [-0.25, -0.2) is 4.99 Å². The molecule has 2 aliphatic carbocycles. The molecule has 1 saturated heterocycles. The summed E-state index contributed by atoms with van der Waals surface area (Å²) in [7, 11) is 0. The van der Waals surface area contributed by atoms with E-state index in [1.165, 1.54) is 63.5 Å². The molecule has 0 amide bonds. The van der Waals surface area contributed by atoms with Gasteiger partial charge >= 0.3 is 6.18 Å². The Hall–Kier alpha value is -1.17. The molecule has 0 radical (unpaired) electrons. The minimum atomic E-state index is -4.29. The van der Waals surface area contributed by atoms with Crippen LogP contribution in [-0.2, 0) is 6.18 Å². The van der Waals surface area contributed by atoms with Crippen LogP contribution in [0.5, 0.6) is 0 Å². The van der Waals surface area contributed by atoms with Crippen molar-refractivity contribution in [2.45, 2.75) is 69.1 Å². The average molecular weight is 368 g/mol. The second kappa shape index (κ2) is 6.53. The molecule has 6 heteroatoms. The normalized spacial score (nSPS) is 25.6. The Balaban J connectivity index is 1.62. The van der Waals surface area contributed by atoms with Crippen molar-refractivity contribution in [3.05, 3.63) is 29.8 Å². The van der Waals surface area contributed by atoms with Gasteiger partial charge in [0.15, 0.2) is 5.17 Å². The maximum atomic E-state index is 12.7. The molecule has 4 rings (SSSR count). The number of nitrogens with zero attached hydrogens (tertiary/aromatic N) is 2. The lowest BCUT2D eigenvalue weighted by atomic mass is 9.95. The first-order chi connectivity index (χ1) is 12.0. The molecule has 0 atom stereocenters. The Bertz CT molecular complexity index is 642. The van der Waals surface area contributed by atoms with Crippen LogP contribution in [0.3, 0.4) is 0 Å². The van der Waals surface area contributed by atoms with Gasteiger partial charge in [-0.2, -0.15) is 13.2 Å². The van der Waals surface area contributed by atoms with Gasteiger partial charge in [0.2, 0.25) is 0 Å².